The molecule has 8 rings (SSSR count). The van der Waals surface area contributed by atoms with Gasteiger partial charge in [-0.2, -0.15) is 5.10 Å². The summed E-state index contributed by atoms with van der Waals surface area (Å²) in [5, 5.41) is 25.6. The van der Waals surface area contributed by atoms with Gasteiger partial charge in [0.25, 0.3) is 5.91 Å². The molecule has 56 heavy (non-hydrogen) atoms. The summed E-state index contributed by atoms with van der Waals surface area (Å²) in [7, 11) is -0.662. The first-order chi connectivity index (χ1) is 27.1. The number of anilines is 2. The van der Waals surface area contributed by atoms with Crippen LogP contribution in [0.25, 0.3) is 0 Å². The number of aliphatic hydroxyl groups is 1. The van der Waals surface area contributed by atoms with Crippen molar-refractivity contribution in [2.45, 2.75) is 76.0 Å². The number of hydrogen-bond donors (Lipinski definition) is 1. The monoisotopic (exact) mass is 768 g/mol. The highest BCUT2D eigenvalue weighted by Gasteiger charge is 2.66. The molecule has 12 heteroatoms. The van der Waals surface area contributed by atoms with E-state index in [4.69, 9.17) is 14.6 Å². The lowest BCUT2D eigenvalue weighted by Gasteiger charge is -2.37. The van der Waals surface area contributed by atoms with Gasteiger partial charge in [0.1, 0.15) is 5.75 Å². The highest BCUT2D eigenvalue weighted by Crippen LogP contribution is 2.60. The van der Waals surface area contributed by atoms with E-state index < -0.39 is 13.7 Å². The SMILES string of the molecule is COc1ccc([Si](C)(C)[C@@H]2[C@@H](CCn3cc(CCO)nn3)O[C@]3(C(=O)N(Cc4cccc(N5N=C(c6ccccc6)CCC5=O)c4)c4ccccc43)[C@H]2C)cc1. The van der Waals surface area contributed by atoms with E-state index in [0.29, 0.717) is 44.5 Å². The van der Waals surface area contributed by atoms with Crippen molar-refractivity contribution >= 4 is 42.2 Å². The van der Waals surface area contributed by atoms with Crippen LogP contribution in [-0.4, -0.2) is 65.5 Å². The summed E-state index contributed by atoms with van der Waals surface area (Å²) >= 11 is 0. The second-order valence-corrected chi connectivity index (χ2v) is 20.3. The Bertz CT molecular complexity index is 2260. The summed E-state index contributed by atoms with van der Waals surface area (Å²) in [6.45, 7) is 7.83. The molecular weight excluding hydrogens is 721 g/mol. The number of fused-ring (bicyclic) bond motifs is 2. The van der Waals surface area contributed by atoms with E-state index in [2.05, 4.69) is 42.5 Å². The van der Waals surface area contributed by atoms with Gasteiger partial charge in [-0.3, -0.25) is 14.3 Å². The lowest BCUT2D eigenvalue weighted by molar-refractivity contribution is -0.146. The van der Waals surface area contributed by atoms with Crippen LogP contribution >= 0.6 is 0 Å². The van der Waals surface area contributed by atoms with E-state index in [1.54, 1.807) is 7.11 Å². The molecule has 0 aliphatic carbocycles. The number of hydrazone groups is 1. The van der Waals surface area contributed by atoms with Crippen molar-refractivity contribution in [3.05, 3.63) is 132 Å². The first-order valence-electron chi connectivity index (χ1n) is 19.4. The molecule has 4 heterocycles. The molecule has 3 aliphatic rings. The molecule has 5 aromatic rings. The van der Waals surface area contributed by atoms with E-state index in [1.807, 2.05) is 107 Å². The molecule has 0 saturated carbocycles. The number of methoxy groups -OCH3 is 1. The molecule has 1 spiro atoms. The molecule has 1 aromatic heterocycles. The van der Waals surface area contributed by atoms with Crippen molar-refractivity contribution in [3.8, 4) is 5.75 Å². The number of rotatable bonds is 12. The fourth-order valence-electron chi connectivity index (χ4n) is 9.19. The summed E-state index contributed by atoms with van der Waals surface area (Å²) in [6.07, 6.45) is 3.66. The molecule has 288 valence electrons. The number of nitrogens with zero attached hydrogens (tertiary/aromatic N) is 6. The number of ether oxygens (including phenoxy) is 2. The van der Waals surface area contributed by atoms with Crippen LogP contribution in [0.4, 0.5) is 11.4 Å². The zero-order valence-corrected chi connectivity index (χ0v) is 33.3. The van der Waals surface area contributed by atoms with Crippen LogP contribution in [0.1, 0.15) is 48.6 Å². The molecule has 11 nitrogen and oxygen atoms in total. The van der Waals surface area contributed by atoms with Crippen LogP contribution in [0, 0.1) is 5.92 Å². The van der Waals surface area contributed by atoms with Crippen molar-refractivity contribution in [2.24, 2.45) is 11.0 Å². The summed E-state index contributed by atoms with van der Waals surface area (Å²) in [5.74, 6) is 0.513. The van der Waals surface area contributed by atoms with Crippen LogP contribution < -0.4 is 19.8 Å². The largest absolute Gasteiger partial charge is 0.497 e. The molecule has 2 amide bonds. The Kier molecular flexibility index (Phi) is 10.2. The lowest BCUT2D eigenvalue weighted by Crippen LogP contribution is -2.51. The van der Waals surface area contributed by atoms with Crippen molar-refractivity contribution in [2.75, 3.05) is 23.6 Å². The quantitative estimate of drug-likeness (QED) is 0.150. The molecule has 4 atom stereocenters. The smallest absolute Gasteiger partial charge is 0.264 e. The van der Waals surface area contributed by atoms with Crippen molar-refractivity contribution in [1.29, 1.82) is 0 Å². The standard InChI is InChI=1S/C44H48N6O5Si/c1-30-42(56(3,4)36-19-17-35(54-2)18-20-36)40(23-25-48-29-33(24-26-51)45-47-48)55-44(30)37-15-8-9-16-39(37)49(43(44)53)28-31-11-10-14-34(27-31)50-41(52)22-21-38(46-50)32-12-6-5-7-13-32/h5-20,27,29-30,40,42,51H,21-26,28H2,1-4H3/t30-,40+,42-,44+/m0/s1. The summed E-state index contributed by atoms with van der Waals surface area (Å²) in [6, 6.07) is 34.1. The average molecular weight is 769 g/mol. The second kappa shape index (κ2) is 15.2. The second-order valence-electron chi connectivity index (χ2n) is 15.6. The van der Waals surface area contributed by atoms with Crippen molar-refractivity contribution < 1.29 is 24.2 Å². The lowest BCUT2D eigenvalue weighted by atomic mass is 9.82. The van der Waals surface area contributed by atoms with E-state index in [9.17, 15) is 9.90 Å². The summed E-state index contributed by atoms with van der Waals surface area (Å²) in [4.78, 5) is 30.4. The van der Waals surface area contributed by atoms with Crippen LogP contribution in [0.3, 0.4) is 0 Å². The average Bonchev–Trinajstić information content (AvgIpc) is 3.87. The zero-order chi connectivity index (χ0) is 39.0. The maximum atomic E-state index is 15.3. The molecule has 0 radical (unpaired) electrons. The molecule has 0 unspecified atom stereocenters. The number of aliphatic hydroxyl groups excluding tert-OH is 1. The minimum atomic E-state index is -2.34. The summed E-state index contributed by atoms with van der Waals surface area (Å²) in [5.41, 5.74) is 4.75. The predicted octanol–water partition coefficient (Wildman–Crippen LogP) is 6.21. The van der Waals surface area contributed by atoms with E-state index in [0.717, 1.165) is 39.5 Å². The Morgan fingerprint density at radius 3 is 2.48 bits per heavy atom. The highest BCUT2D eigenvalue weighted by molar-refractivity contribution is 6.91. The number of aromatic nitrogens is 3. The van der Waals surface area contributed by atoms with Gasteiger partial charge in [-0.1, -0.05) is 103 Å². The number of amides is 2. The van der Waals surface area contributed by atoms with Crippen LogP contribution in [-0.2, 0) is 39.4 Å². The van der Waals surface area contributed by atoms with Crippen LogP contribution in [0.15, 0.2) is 114 Å². The number of carbonyl (C=O) groups excluding carboxylic acids is 2. The predicted molar refractivity (Wildman–Crippen MR) is 219 cm³/mol. The van der Waals surface area contributed by atoms with Crippen LogP contribution in [0.2, 0.25) is 18.6 Å². The van der Waals surface area contributed by atoms with Crippen molar-refractivity contribution in [3.63, 3.8) is 0 Å². The van der Waals surface area contributed by atoms with E-state index >= 15 is 4.79 Å². The number of carbonyl (C=O) groups is 2. The molecule has 0 bridgehead atoms. The number of para-hydroxylation sites is 1. The minimum Gasteiger partial charge on any atom is -0.497 e. The maximum Gasteiger partial charge on any atom is 0.264 e. The van der Waals surface area contributed by atoms with Gasteiger partial charge in [-0.15, -0.1) is 5.10 Å². The number of benzene rings is 4. The molecule has 3 aliphatic heterocycles. The van der Waals surface area contributed by atoms with Gasteiger partial charge in [-0.05, 0) is 53.4 Å². The number of hydrogen-bond acceptors (Lipinski definition) is 8. The van der Waals surface area contributed by atoms with Gasteiger partial charge in [0, 0.05) is 50.1 Å². The van der Waals surface area contributed by atoms with Gasteiger partial charge in [0.05, 0.1) is 50.6 Å². The summed E-state index contributed by atoms with van der Waals surface area (Å²) < 4.78 is 14.6. The molecule has 1 fully saturated rings. The van der Waals surface area contributed by atoms with Gasteiger partial charge in [-0.25, -0.2) is 5.01 Å². The minimum absolute atomic E-state index is 0.00993. The third kappa shape index (κ3) is 6.65. The van der Waals surface area contributed by atoms with Gasteiger partial charge in [0.15, 0.2) is 5.60 Å². The number of aryl methyl sites for hydroxylation is 1. The van der Waals surface area contributed by atoms with Crippen molar-refractivity contribution in [1.82, 2.24) is 15.0 Å². The fraction of sp³-hybridized carbons (Fsp3) is 0.341. The fourth-order valence-corrected chi connectivity index (χ4v) is 13.3. The van der Waals surface area contributed by atoms with Crippen LogP contribution in [0.5, 0.6) is 5.75 Å². The maximum absolute atomic E-state index is 15.3. The normalized spacial score (nSPS) is 22.2. The third-order valence-corrected chi connectivity index (χ3v) is 16.3. The van der Waals surface area contributed by atoms with Gasteiger partial charge >= 0.3 is 0 Å². The molecule has 1 saturated heterocycles. The molecule has 1 N–H and O–H groups in total. The van der Waals surface area contributed by atoms with Gasteiger partial charge in [0.2, 0.25) is 5.91 Å². The Morgan fingerprint density at radius 2 is 1.71 bits per heavy atom. The Hall–Kier alpha value is -5.43. The third-order valence-electron chi connectivity index (χ3n) is 12.0. The first kappa shape index (κ1) is 37.5. The van der Waals surface area contributed by atoms with E-state index in [1.165, 1.54) is 10.2 Å². The Balaban J connectivity index is 1.13. The van der Waals surface area contributed by atoms with Gasteiger partial charge < -0.3 is 19.5 Å². The molecular formula is C44H48N6O5Si. The molecule has 4 aromatic carbocycles. The zero-order valence-electron chi connectivity index (χ0n) is 32.3. The Morgan fingerprint density at radius 1 is 0.946 bits per heavy atom. The highest BCUT2D eigenvalue weighted by atomic mass is 28.3. The van der Waals surface area contributed by atoms with E-state index in [-0.39, 0.29) is 36.0 Å². The first-order valence-corrected chi connectivity index (χ1v) is 22.5. The Labute approximate surface area is 328 Å². The topological polar surface area (TPSA) is 122 Å².